The van der Waals surface area contributed by atoms with Gasteiger partial charge < -0.3 is 14.4 Å². The maximum atomic E-state index is 10.3. The molecule has 1 saturated heterocycles. The van der Waals surface area contributed by atoms with Crippen LogP contribution in [0, 0.1) is 0 Å². The van der Waals surface area contributed by atoms with Gasteiger partial charge in [-0.1, -0.05) is 81.3 Å². The Bertz CT molecular complexity index is 732. The van der Waals surface area contributed by atoms with E-state index in [0.29, 0.717) is 24.7 Å². The molecule has 7 heteroatoms. The third-order valence-electron chi connectivity index (χ3n) is 5.98. The van der Waals surface area contributed by atoms with Crippen molar-refractivity contribution in [2.24, 2.45) is 0 Å². The Morgan fingerprint density at radius 1 is 0.969 bits per heavy atom. The number of morpholine rings is 1. The molecule has 1 atom stereocenters. The van der Waals surface area contributed by atoms with E-state index in [2.05, 4.69) is 46.2 Å². The van der Waals surface area contributed by atoms with Crippen molar-refractivity contribution in [3.8, 4) is 11.4 Å². The van der Waals surface area contributed by atoms with Gasteiger partial charge in [0.1, 0.15) is 0 Å². The molecule has 0 amide bonds. The Balaban J connectivity index is 0.00000363. The Hall–Kier alpha value is -1.47. The number of β-amino-alcohol motifs (C(OH)–C–C–N with tert-alkyl or cyclic N) is 1. The van der Waals surface area contributed by atoms with Crippen LogP contribution in [0.1, 0.15) is 69.7 Å². The fourth-order valence-electron chi connectivity index (χ4n) is 4.09. The summed E-state index contributed by atoms with van der Waals surface area (Å²) < 4.78 is 10.7. The quantitative estimate of drug-likeness (QED) is 0.392. The number of aliphatic hydroxyl groups excluding tert-OH is 1. The van der Waals surface area contributed by atoms with Gasteiger partial charge in [-0.15, -0.1) is 12.4 Å². The zero-order valence-corrected chi connectivity index (χ0v) is 20.3. The molecule has 32 heavy (non-hydrogen) atoms. The largest absolute Gasteiger partial charge is 0.391 e. The maximum absolute atomic E-state index is 10.3. The highest BCUT2D eigenvalue weighted by Crippen LogP contribution is 2.19. The molecule has 3 rings (SSSR count). The number of halogens is 1. The zero-order valence-electron chi connectivity index (χ0n) is 19.5. The molecule has 1 aromatic heterocycles. The molecule has 0 aliphatic carbocycles. The first-order valence-corrected chi connectivity index (χ1v) is 12.1. The van der Waals surface area contributed by atoms with Gasteiger partial charge >= 0.3 is 0 Å². The molecule has 1 aliphatic heterocycles. The normalized spacial score (nSPS) is 15.4. The Morgan fingerprint density at radius 2 is 1.62 bits per heavy atom. The van der Waals surface area contributed by atoms with Crippen LogP contribution in [0.2, 0.25) is 0 Å². The third kappa shape index (κ3) is 9.57. The molecule has 1 aliphatic rings. The Morgan fingerprint density at radius 3 is 2.31 bits per heavy atom. The van der Waals surface area contributed by atoms with E-state index in [1.165, 1.54) is 56.9 Å². The fraction of sp³-hybridized carbons (Fsp3) is 0.680. The summed E-state index contributed by atoms with van der Waals surface area (Å²) >= 11 is 0. The van der Waals surface area contributed by atoms with E-state index in [1.807, 2.05) is 0 Å². The number of aromatic nitrogens is 2. The monoisotopic (exact) mass is 465 g/mol. The second-order valence-electron chi connectivity index (χ2n) is 8.70. The van der Waals surface area contributed by atoms with Gasteiger partial charge in [0.25, 0.3) is 0 Å². The lowest BCUT2D eigenvalue weighted by Gasteiger charge is -2.28. The number of ether oxygens (including phenoxy) is 1. The summed E-state index contributed by atoms with van der Waals surface area (Å²) in [6, 6.07) is 8.47. The van der Waals surface area contributed by atoms with Crippen LogP contribution in [-0.4, -0.2) is 59.1 Å². The number of aliphatic hydroxyl groups is 1. The van der Waals surface area contributed by atoms with Crippen LogP contribution in [0.15, 0.2) is 28.8 Å². The number of rotatable bonds is 14. The molecular weight excluding hydrogens is 426 g/mol. The summed E-state index contributed by atoms with van der Waals surface area (Å²) in [7, 11) is 0. The highest BCUT2D eigenvalue weighted by atomic mass is 35.5. The molecule has 1 fully saturated rings. The number of nitrogens with zero attached hydrogens (tertiary/aromatic N) is 3. The second-order valence-corrected chi connectivity index (χ2v) is 8.70. The van der Waals surface area contributed by atoms with Crippen LogP contribution >= 0.6 is 12.4 Å². The van der Waals surface area contributed by atoms with E-state index < -0.39 is 6.10 Å². The summed E-state index contributed by atoms with van der Waals surface area (Å²) in [6.45, 7) is 6.05. The second kappa shape index (κ2) is 15.4. The highest BCUT2D eigenvalue weighted by Gasteiger charge is 2.18. The first-order chi connectivity index (χ1) is 15.2. The van der Waals surface area contributed by atoms with E-state index in [4.69, 9.17) is 9.26 Å². The average molecular weight is 466 g/mol. The topological polar surface area (TPSA) is 71.6 Å². The molecule has 0 spiro atoms. The number of hydrogen-bond acceptors (Lipinski definition) is 6. The minimum Gasteiger partial charge on any atom is -0.391 e. The lowest BCUT2D eigenvalue weighted by molar-refractivity contribution is 0.0136. The lowest BCUT2D eigenvalue weighted by Crippen LogP contribution is -2.41. The van der Waals surface area contributed by atoms with Gasteiger partial charge in [-0.2, -0.15) is 4.98 Å². The van der Waals surface area contributed by atoms with Crippen molar-refractivity contribution in [1.29, 1.82) is 0 Å². The molecule has 0 bridgehead atoms. The fourth-order valence-corrected chi connectivity index (χ4v) is 4.09. The predicted octanol–water partition coefficient (Wildman–Crippen LogP) is 5.08. The summed E-state index contributed by atoms with van der Waals surface area (Å²) in [4.78, 5) is 6.68. The predicted molar refractivity (Wildman–Crippen MR) is 130 cm³/mol. The van der Waals surface area contributed by atoms with Crippen LogP contribution in [0.25, 0.3) is 11.4 Å². The van der Waals surface area contributed by atoms with Crippen LogP contribution in [0.4, 0.5) is 0 Å². The maximum Gasteiger partial charge on any atom is 0.229 e. The molecule has 180 valence electrons. The van der Waals surface area contributed by atoms with Gasteiger partial charge in [-0.05, 0) is 18.4 Å². The number of benzene rings is 1. The van der Waals surface area contributed by atoms with Gasteiger partial charge in [-0.25, -0.2) is 0 Å². The first kappa shape index (κ1) is 26.8. The van der Waals surface area contributed by atoms with Crippen molar-refractivity contribution in [2.75, 3.05) is 32.8 Å². The third-order valence-corrected chi connectivity index (χ3v) is 5.98. The minimum atomic E-state index is -0.513. The summed E-state index contributed by atoms with van der Waals surface area (Å²) in [5.74, 6) is 1.07. The highest BCUT2D eigenvalue weighted by molar-refractivity contribution is 5.85. The smallest absolute Gasteiger partial charge is 0.229 e. The van der Waals surface area contributed by atoms with Crippen LogP contribution in [-0.2, 0) is 17.6 Å². The number of hydrogen-bond donors (Lipinski definition) is 1. The minimum absolute atomic E-state index is 0. The van der Waals surface area contributed by atoms with Crippen molar-refractivity contribution in [2.45, 2.75) is 77.2 Å². The zero-order chi connectivity index (χ0) is 21.7. The van der Waals surface area contributed by atoms with Gasteiger partial charge in [0.2, 0.25) is 11.7 Å². The number of aryl methyl sites for hydroxylation is 1. The average Bonchev–Trinajstić information content (AvgIpc) is 3.25. The van der Waals surface area contributed by atoms with E-state index >= 15 is 0 Å². The van der Waals surface area contributed by atoms with E-state index in [-0.39, 0.29) is 12.4 Å². The molecule has 1 unspecified atom stereocenters. The molecule has 0 radical (unpaired) electrons. The van der Waals surface area contributed by atoms with Gasteiger partial charge in [0.15, 0.2) is 0 Å². The van der Waals surface area contributed by atoms with Crippen molar-refractivity contribution < 1.29 is 14.4 Å². The molecular formula is C25H40ClN3O3. The molecule has 2 aromatic rings. The SMILES string of the molecule is CCCCCCCCCCc1ccc(-c2noc(CC(O)CN3CCOCC3)n2)cc1.Cl. The summed E-state index contributed by atoms with van der Waals surface area (Å²) in [5, 5.41) is 14.4. The van der Waals surface area contributed by atoms with E-state index in [1.54, 1.807) is 0 Å². The van der Waals surface area contributed by atoms with Crippen LogP contribution in [0.5, 0.6) is 0 Å². The van der Waals surface area contributed by atoms with Gasteiger partial charge in [-0.3, -0.25) is 4.90 Å². The van der Waals surface area contributed by atoms with Crippen molar-refractivity contribution >= 4 is 12.4 Å². The van der Waals surface area contributed by atoms with E-state index in [9.17, 15) is 5.11 Å². The molecule has 2 heterocycles. The van der Waals surface area contributed by atoms with Crippen LogP contribution < -0.4 is 0 Å². The van der Waals surface area contributed by atoms with Crippen molar-refractivity contribution in [3.63, 3.8) is 0 Å². The number of unbranched alkanes of at least 4 members (excludes halogenated alkanes) is 7. The van der Waals surface area contributed by atoms with Gasteiger partial charge in [0, 0.05) is 25.2 Å². The standard InChI is InChI=1S/C25H39N3O3.ClH/c1-2-3-4-5-6-7-8-9-10-21-11-13-22(14-12-21)25-26-24(31-27-25)19-23(29)20-28-15-17-30-18-16-28;/h11-14,23,29H,2-10,15-20H2,1H3;1H. The Kier molecular flexibility index (Phi) is 12.9. The molecule has 1 aromatic carbocycles. The summed E-state index contributed by atoms with van der Waals surface area (Å²) in [5.41, 5.74) is 2.32. The van der Waals surface area contributed by atoms with Crippen molar-refractivity contribution in [3.05, 3.63) is 35.7 Å². The Labute approximate surface area is 199 Å². The summed E-state index contributed by atoms with van der Waals surface area (Å²) in [6.07, 6.45) is 11.8. The van der Waals surface area contributed by atoms with E-state index in [0.717, 1.165) is 38.3 Å². The van der Waals surface area contributed by atoms with Gasteiger partial charge in [0.05, 0.1) is 25.7 Å². The first-order valence-electron chi connectivity index (χ1n) is 12.1. The van der Waals surface area contributed by atoms with Crippen molar-refractivity contribution in [1.82, 2.24) is 15.0 Å². The lowest BCUT2D eigenvalue weighted by atomic mass is 10.0. The van der Waals surface area contributed by atoms with Crippen LogP contribution in [0.3, 0.4) is 0 Å². The molecule has 0 saturated carbocycles. The molecule has 6 nitrogen and oxygen atoms in total. The molecule has 1 N–H and O–H groups in total.